The molecular formula is C14H24N2O2. The highest BCUT2D eigenvalue weighted by atomic mass is 16.5. The highest BCUT2D eigenvalue weighted by Crippen LogP contribution is 2.21. The van der Waals surface area contributed by atoms with Crippen LogP contribution in [0.2, 0.25) is 0 Å². The van der Waals surface area contributed by atoms with Crippen LogP contribution >= 0.6 is 0 Å². The van der Waals surface area contributed by atoms with E-state index in [-0.39, 0.29) is 11.4 Å². The zero-order valence-corrected chi connectivity index (χ0v) is 12.0. The first-order valence-electron chi connectivity index (χ1n) is 6.36. The second-order valence-corrected chi connectivity index (χ2v) is 5.67. The Morgan fingerprint density at radius 2 is 2.06 bits per heavy atom. The van der Waals surface area contributed by atoms with Crippen molar-refractivity contribution in [1.29, 1.82) is 0 Å². The summed E-state index contributed by atoms with van der Waals surface area (Å²) in [5.41, 5.74) is 0.419. The zero-order chi connectivity index (χ0) is 13.8. The Kier molecular flexibility index (Phi) is 4.57. The van der Waals surface area contributed by atoms with E-state index in [1.807, 2.05) is 33.0 Å². The van der Waals surface area contributed by atoms with E-state index in [2.05, 4.69) is 30.2 Å². The van der Waals surface area contributed by atoms with Crippen LogP contribution in [-0.4, -0.2) is 29.6 Å². The number of hydrogen-bond donors (Lipinski definition) is 2. The second-order valence-electron chi connectivity index (χ2n) is 5.67. The van der Waals surface area contributed by atoms with Crippen LogP contribution in [0.4, 0.5) is 0 Å². The number of aromatic amines is 1. The largest absolute Gasteiger partial charge is 0.465 e. The predicted octanol–water partition coefficient (Wildman–Crippen LogP) is 2.22. The number of nitrogens with one attached hydrogen (secondary N) is 2. The molecule has 0 unspecified atom stereocenters. The van der Waals surface area contributed by atoms with Gasteiger partial charge in [0.1, 0.15) is 5.54 Å². The van der Waals surface area contributed by atoms with Crippen molar-refractivity contribution in [2.24, 2.45) is 0 Å². The summed E-state index contributed by atoms with van der Waals surface area (Å²) in [5, 5.41) is 3.28. The lowest BCUT2D eigenvalue weighted by molar-refractivity contribution is -0.149. The Morgan fingerprint density at radius 1 is 1.39 bits per heavy atom. The zero-order valence-electron chi connectivity index (χ0n) is 12.0. The van der Waals surface area contributed by atoms with Crippen LogP contribution < -0.4 is 5.32 Å². The third-order valence-corrected chi connectivity index (χ3v) is 3.09. The SMILES string of the molecule is CCOC(=O)C(C)(C)NCC(C)(C)c1ccc[nH]1. The summed E-state index contributed by atoms with van der Waals surface area (Å²) >= 11 is 0. The Morgan fingerprint density at radius 3 is 2.56 bits per heavy atom. The maximum Gasteiger partial charge on any atom is 0.325 e. The van der Waals surface area contributed by atoms with E-state index in [1.165, 1.54) is 0 Å². The molecule has 0 spiro atoms. The first-order valence-corrected chi connectivity index (χ1v) is 6.36. The summed E-state index contributed by atoms with van der Waals surface area (Å²) in [7, 11) is 0. The Hall–Kier alpha value is -1.29. The number of hydrogen-bond acceptors (Lipinski definition) is 3. The van der Waals surface area contributed by atoms with Gasteiger partial charge in [0.15, 0.2) is 0 Å². The van der Waals surface area contributed by atoms with Crippen molar-refractivity contribution >= 4 is 5.97 Å². The number of H-pyrrole nitrogens is 1. The summed E-state index contributed by atoms with van der Waals surface area (Å²) in [6, 6.07) is 4.03. The second kappa shape index (κ2) is 5.57. The first kappa shape index (κ1) is 14.8. The first-order chi connectivity index (χ1) is 8.29. The average molecular weight is 252 g/mol. The van der Waals surface area contributed by atoms with Gasteiger partial charge in [-0.3, -0.25) is 4.79 Å². The van der Waals surface area contributed by atoms with Crippen LogP contribution in [0.25, 0.3) is 0 Å². The molecule has 0 bridgehead atoms. The molecule has 1 heterocycles. The van der Waals surface area contributed by atoms with Gasteiger partial charge in [0.05, 0.1) is 6.61 Å². The van der Waals surface area contributed by atoms with Crippen LogP contribution in [-0.2, 0) is 14.9 Å². The third-order valence-electron chi connectivity index (χ3n) is 3.09. The molecule has 0 amide bonds. The van der Waals surface area contributed by atoms with E-state index in [0.717, 1.165) is 5.69 Å². The van der Waals surface area contributed by atoms with Crippen LogP contribution in [0.5, 0.6) is 0 Å². The Labute approximate surface area is 109 Å². The Bertz CT molecular complexity index is 381. The molecule has 0 atom stereocenters. The molecule has 0 aliphatic carbocycles. The normalized spacial score (nSPS) is 12.5. The van der Waals surface area contributed by atoms with E-state index < -0.39 is 5.54 Å². The molecule has 0 aliphatic heterocycles. The Balaban J connectivity index is 2.61. The fourth-order valence-corrected chi connectivity index (χ4v) is 1.67. The number of ether oxygens (including phenoxy) is 1. The average Bonchev–Trinajstić information content (AvgIpc) is 2.81. The van der Waals surface area contributed by atoms with Gasteiger partial charge in [0, 0.05) is 23.9 Å². The monoisotopic (exact) mass is 252 g/mol. The van der Waals surface area contributed by atoms with Gasteiger partial charge in [-0.1, -0.05) is 13.8 Å². The fourth-order valence-electron chi connectivity index (χ4n) is 1.67. The van der Waals surface area contributed by atoms with E-state index >= 15 is 0 Å². The smallest absolute Gasteiger partial charge is 0.325 e. The quantitative estimate of drug-likeness (QED) is 0.763. The molecule has 0 saturated carbocycles. The lowest BCUT2D eigenvalue weighted by Gasteiger charge is -2.30. The van der Waals surface area contributed by atoms with Gasteiger partial charge in [-0.25, -0.2) is 0 Å². The maximum absolute atomic E-state index is 11.8. The van der Waals surface area contributed by atoms with Crippen molar-refractivity contribution in [3.05, 3.63) is 24.0 Å². The summed E-state index contributed by atoms with van der Waals surface area (Å²) in [4.78, 5) is 15.0. The van der Waals surface area contributed by atoms with Gasteiger partial charge < -0.3 is 15.0 Å². The molecule has 2 N–H and O–H groups in total. The van der Waals surface area contributed by atoms with E-state index in [9.17, 15) is 4.79 Å². The molecular weight excluding hydrogens is 228 g/mol. The van der Waals surface area contributed by atoms with Gasteiger partial charge in [-0.05, 0) is 32.9 Å². The molecule has 1 rings (SSSR count). The molecule has 18 heavy (non-hydrogen) atoms. The van der Waals surface area contributed by atoms with Crippen molar-refractivity contribution in [2.75, 3.05) is 13.2 Å². The van der Waals surface area contributed by atoms with Crippen molar-refractivity contribution in [3.8, 4) is 0 Å². The van der Waals surface area contributed by atoms with Crippen molar-refractivity contribution in [2.45, 2.75) is 45.6 Å². The molecule has 0 fully saturated rings. The number of carbonyl (C=O) groups excluding carboxylic acids is 1. The van der Waals surface area contributed by atoms with Gasteiger partial charge in [-0.15, -0.1) is 0 Å². The fraction of sp³-hybridized carbons (Fsp3) is 0.643. The number of rotatable bonds is 6. The summed E-state index contributed by atoms with van der Waals surface area (Å²) < 4.78 is 5.05. The summed E-state index contributed by atoms with van der Waals surface area (Å²) in [5.74, 6) is -0.215. The molecule has 0 radical (unpaired) electrons. The molecule has 4 heteroatoms. The molecule has 4 nitrogen and oxygen atoms in total. The van der Waals surface area contributed by atoms with Crippen LogP contribution in [0, 0.1) is 0 Å². The molecule has 102 valence electrons. The lowest BCUT2D eigenvalue weighted by Crippen LogP contribution is -2.51. The van der Waals surface area contributed by atoms with E-state index in [0.29, 0.717) is 13.2 Å². The molecule has 0 aliphatic rings. The van der Waals surface area contributed by atoms with Crippen LogP contribution in [0.15, 0.2) is 18.3 Å². The van der Waals surface area contributed by atoms with Gasteiger partial charge >= 0.3 is 5.97 Å². The van der Waals surface area contributed by atoms with Gasteiger partial charge in [0.25, 0.3) is 0 Å². The highest BCUT2D eigenvalue weighted by molar-refractivity contribution is 5.79. The van der Waals surface area contributed by atoms with E-state index in [4.69, 9.17) is 4.74 Å². The topological polar surface area (TPSA) is 54.1 Å². The number of carbonyl (C=O) groups is 1. The maximum atomic E-state index is 11.8. The minimum Gasteiger partial charge on any atom is -0.465 e. The standard InChI is InChI=1S/C14H24N2O2/c1-6-18-12(17)14(4,5)16-10-13(2,3)11-8-7-9-15-11/h7-9,15-16H,6,10H2,1-5H3. The van der Waals surface area contributed by atoms with Crippen LogP contribution in [0.3, 0.4) is 0 Å². The number of esters is 1. The lowest BCUT2D eigenvalue weighted by atomic mass is 9.88. The summed E-state index contributed by atoms with van der Waals surface area (Å²) in [6.07, 6.45) is 1.91. The van der Waals surface area contributed by atoms with Gasteiger partial charge in [-0.2, -0.15) is 0 Å². The summed E-state index contributed by atoms with van der Waals surface area (Å²) in [6.45, 7) is 10.9. The van der Waals surface area contributed by atoms with Crippen molar-refractivity contribution in [1.82, 2.24) is 10.3 Å². The van der Waals surface area contributed by atoms with E-state index in [1.54, 1.807) is 0 Å². The van der Waals surface area contributed by atoms with Crippen molar-refractivity contribution in [3.63, 3.8) is 0 Å². The minimum absolute atomic E-state index is 0.0622. The minimum atomic E-state index is -0.667. The third kappa shape index (κ3) is 3.60. The van der Waals surface area contributed by atoms with Crippen molar-refractivity contribution < 1.29 is 9.53 Å². The predicted molar refractivity (Wildman–Crippen MR) is 72.5 cm³/mol. The molecule has 0 saturated heterocycles. The molecule has 0 aromatic carbocycles. The molecule has 1 aromatic rings. The van der Waals surface area contributed by atoms with Gasteiger partial charge in [0.2, 0.25) is 0 Å². The number of aromatic nitrogens is 1. The molecule has 1 aromatic heterocycles. The van der Waals surface area contributed by atoms with Crippen LogP contribution in [0.1, 0.15) is 40.3 Å². The highest BCUT2D eigenvalue weighted by Gasteiger charge is 2.32.